The summed E-state index contributed by atoms with van der Waals surface area (Å²) in [5, 5.41) is 2.52. The van der Waals surface area contributed by atoms with Crippen molar-refractivity contribution in [3.05, 3.63) is 12.3 Å². The van der Waals surface area contributed by atoms with Crippen LogP contribution in [-0.4, -0.2) is 42.4 Å². The molecule has 0 unspecified atom stereocenters. The molecule has 0 fully saturated rings. The van der Waals surface area contributed by atoms with E-state index in [1.807, 2.05) is 0 Å². The van der Waals surface area contributed by atoms with Gasteiger partial charge in [-0.3, -0.25) is 4.31 Å². The zero-order valence-corrected chi connectivity index (χ0v) is 9.39. The number of alkyl halides is 5. The van der Waals surface area contributed by atoms with Crippen LogP contribution in [0.15, 0.2) is 12.3 Å². The first-order valence-electron chi connectivity index (χ1n) is 4.22. The van der Waals surface area contributed by atoms with E-state index in [9.17, 15) is 30.4 Å². The second-order valence-electron chi connectivity index (χ2n) is 2.84. The fourth-order valence-electron chi connectivity index (χ4n) is 0.833. The molecule has 0 aromatic heterocycles. The number of allylic oxidation sites excluding steroid dienone is 1. The summed E-state index contributed by atoms with van der Waals surface area (Å²) in [7, 11) is -5.95. The van der Waals surface area contributed by atoms with Gasteiger partial charge in [-0.05, 0) is 6.92 Å². The Kier molecular flexibility index (Phi) is 4.90. The third-order valence-corrected chi connectivity index (χ3v) is 3.40. The Hall–Kier alpha value is -0.900. The molecule has 0 aromatic carbocycles. The van der Waals surface area contributed by atoms with Crippen LogP contribution in [0.1, 0.15) is 6.92 Å². The molecule has 0 saturated carbocycles. The fourth-order valence-corrected chi connectivity index (χ4v) is 2.02. The van der Waals surface area contributed by atoms with Crippen molar-refractivity contribution in [3.8, 4) is 0 Å². The Morgan fingerprint density at radius 1 is 1.24 bits per heavy atom. The highest BCUT2D eigenvalue weighted by atomic mass is 32.2. The lowest BCUT2D eigenvalue weighted by Crippen LogP contribution is -2.50. The van der Waals surface area contributed by atoms with Crippen molar-refractivity contribution in [2.75, 3.05) is 13.2 Å². The predicted molar refractivity (Wildman–Crippen MR) is 48.5 cm³/mol. The van der Waals surface area contributed by atoms with Crippen LogP contribution >= 0.6 is 0 Å². The lowest BCUT2D eigenvalue weighted by Gasteiger charge is -2.26. The van der Waals surface area contributed by atoms with E-state index < -0.39 is 34.6 Å². The van der Waals surface area contributed by atoms with Crippen molar-refractivity contribution < 1.29 is 35.5 Å². The highest BCUT2D eigenvalue weighted by Gasteiger charge is 2.68. The Morgan fingerprint density at radius 3 is 2.00 bits per heavy atom. The molecule has 10 heteroatoms. The Labute approximate surface area is 94.4 Å². The third-order valence-electron chi connectivity index (χ3n) is 1.60. The molecule has 102 valence electrons. The van der Waals surface area contributed by atoms with E-state index >= 15 is 0 Å². The maximum atomic E-state index is 12.7. The minimum atomic E-state index is -6.22. The number of aliphatic hydroxyl groups excluding tert-OH is 1. The van der Waals surface area contributed by atoms with Gasteiger partial charge in [0.05, 0.1) is 13.2 Å². The zero-order valence-electron chi connectivity index (χ0n) is 8.58. The van der Waals surface area contributed by atoms with Crippen LogP contribution in [0.5, 0.6) is 0 Å². The molecule has 0 rings (SSSR count). The number of sulfonamides is 1. The highest BCUT2D eigenvalue weighted by molar-refractivity contribution is 7.90. The van der Waals surface area contributed by atoms with Crippen LogP contribution in [-0.2, 0) is 10.0 Å². The average Bonchev–Trinajstić information content (AvgIpc) is 2.15. The number of halogens is 5. The summed E-state index contributed by atoms with van der Waals surface area (Å²) in [4.78, 5) is 0. The number of nitrogens with zero attached hydrogens (tertiary/aromatic N) is 1. The molecule has 0 aliphatic rings. The minimum Gasteiger partial charge on any atom is -0.394 e. The van der Waals surface area contributed by atoms with Crippen molar-refractivity contribution in [2.45, 2.75) is 18.4 Å². The van der Waals surface area contributed by atoms with Crippen LogP contribution in [0.2, 0.25) is 0 Å². The van der Waals surface area contributed by atoms with Gasteiger partial charge in [-0.1, -0.05) is 6.08 Å². The molecular formula is C7H10F5NO3S. The second kappa shape index (κ2) is 5.17. The van der Waals surface area contributed by atoms with E-state index in [1.54, 1.807) is 0 Å². The van der Waals surface area contributed by atoms with Gasteiger partial charge in [0.1, 0.15) is 0 Å². The van der Waals surface area contributed by atoms with Crippen molar-refractivity contribution in [2.24, 2.45) is 0 Å². The van der Waals surface area contributed by atoms with Crippen LogP contribution in [0, 0.1) is 0 Å². The van der Waals surface area contributed by atoms with E-state index in [-0.39, 0.29) is 4.31 Å². The summed E-state index contributed by atoms with van der Waals surface area (Å²) >= 11 is 0. The molecule has 4 nitrogen and oxygen atoms in total. The first-order valence-corrected chi connectivity index (χ1v) is 5.66. The minimum absolute atomic E-state index is 0.250. The molecular weight excluding hydrogens is 273 g/mol. The molecule has 0 atom stereocenters. The summed E-state index contributed by atoms with van der Waals surface area (Å²) in [5.74, 6) is 0. The van der Waals surface area contributed by atoms with E-state index in [2.05, 4.69) is 0 Å². The summed E-state index contributed by atoms with van der Waals surface area (Å²) in [6.45, 7) is -0.554. The standard InChI is InChI=1S/C7H10F5NO3S/c1-2-3-13(4-5-14)17(15,16)7(11,12)6(8,9)10/h2-3,14H,4-5H2,1H3/b3-2+. The number of rotatable bonds is 5. The molecule has 0 heterocycles. The van der Waals surface area contributed by atoms with Gasteiger partial charge in [0.2, 0.25) is 0 Å². The summed E-state index contributed by atoms with van der Waals surface area (Å²) in [5.41, 5.74) is 0. The molecule has 0 amide bonds. The summed E-state index contributed by atoms with van der Waals surface area (Å²) < 4.78 is 83.1. The smallest absolute Gasteiger partial charge is 0.394 e. The molecule has 0 bridgehead atoms. The van der Waals surface area contributed by atoms with Crippen molar-refractivity contribution in [1.82, 2.24) is 4.31 Å². The molecule has 17 heavy (non-hydrogen) atoms. The van der Waals surface area contributed by atoms with Gasteiger partial charge in [-0.15, -0.1) is 0 Å². The topological polar surface area (TPSA) is 57.6 Å². The van der Waals surface area contributed by atoms with Crippen LogP contribution in [0.4, 0.5) is 22.0 Å². The van der Waals surface area contributed by atoms with E-state index in [4.69, 9.17) is 5.11 Å². The number of hydrogen-bond donors (Lipinski definition) is 1. The number of hydrogen-bond acceptors (Lipinski definition) is 3. The Bertz CT molecular complexity index is 375. The van der Waals surface area contributed by atoms with Gasteiger partial charge in [0.25, 0.3) is 0 Å². The van der Waals surface area contributed by atoms with Crippen molar-refractivity contribution in [3.63, 3.8) is 0 Å². The predicted octanol–water partition coefficient (Wildman–Crippen LogP) is 1.30. The Morgan fingerprint density at radius 2 is 1.71 bits per heavy atom. The van der Waals surface area contributed by atoms with E-state index in [0.29, 0.717) is 6.20 Å². The molecule has 0 aromatic rings. The maximum Gasteiger partial charge on any atom is 0.471 e. The highest BCUT2D eigenvalue weighted by Crippen LogP contribution is 2.41. The van der Waals surface area contributed by atoms with Crippen molar-refractivity contribution in [1.29, 1.82) is 0 Å². The van der Waals surface area contributed by atoms with Crippen LogP contribution < -0.4 is 0 Å². The van der Waals surface area contributed by atoms with Gasteiger partial charge in [0.15, 0.2) is 0 Å². The molecule has 0 radical (unpaired) electrons. The van der Waals surface area contributed by atoms with E-state index in [1.165, 1.54) is 6.92 Å². The van der Waals surface area contributed by atoms with Gasteiger partial charge < -0.3 is 5.11 Å². The van der Waals surface area contributed by atoms with Gasteiger partial charge >= 0.3 is 21.5 Å². The molecule has 0 spiro atoms. The SMILES string of the molecule is C/C=C/N(CCO)S(=O)(=O)C(F)(F)C(F)(F)F. The first-order chi connectivity index (χ1) is 7.52. The largest absolute Gasteiger partial charge is 0.471 e. The van der Waals surface area contributed by atoms with Crippen molar-refractivity contribution >= 4 is 10.0 Å². The zero-order chi connectivity index (χ0) is 13.9. The van der Waals surface area contributed by atoms with Crippen LogP contribution in [0.3, 0.4) is 0 Å². The summed E-state index contributed by atoms with van der Waals surface area (Å²) in [6.07, 6.45) is -4.74. The van der Waals surface area contributed by atoms with E-state index in [0.717, 1.165) is 6.08 Å². The molecule has 1 N–H and O–H groups in total. The quantitative estimate of drug-likeness (QED) is 0.774. The third kappa shape index (κ3) is 3.06. The normalized spacial score (nSPS) is 14.3. The monoisotopic (exact) mass is 283 g/mol. The second-order valence-corrected chi connectivity index (χ2v) is 4.77. The molecule has 0 aliphatic carbocycles. The van der Waals surface area contributed by atoms with Gasteiger partial charge in [0, 0.05) is 6.20 Å². The average molecular weight is 283 g/mol. The van der Waals surface area contributed by atoms with Gasteiger partial charge in [-0.25, -0.2) is 0 Å². The number of aliphatic hydroxyl groups is 1. The summed E-state index contributed by atoms with van der Waals surface area (Å²) in [6, 6.07) is 0. The Balaban J connectivity index is 5.51. The molecule has 0 saturated heterocycles. The first kappa shape index (κ1) is 16.1. The van der Waals surface area contributed by atoms with Crippen LogP contribution in [0.25, 0.3) is 0 Å². The lowest BCUT2D eigenvalue weighted by atomic mass is 10.6. The lowest BCUT2D eigenvalue weighted by molar-refractivity contribution is -0.242. The molecule has 0 aliphatic heterocycles. The van der Waals surface area contributed by atoms with Gasteiger partial charge in [-0.2, -0.15) is 30.4 Å². The maximum absolute atomic E-state index is 12.7. The fraction of sp³-hybridized carbons (Fsp3) is 0.714.